The van der Waals surface area contributed by atoms with Gasteiger partial charge < -0.3 is 18.9 Å². The first-order valence-electron chi connectivity index (χ1n) is 6.32. The molecule has 1 heterocycles. The molecule has 1 fully saturated rings. The van der Waals surface area contributed by atoms with Gasteiger partial charge in [-0.2, -0.15) is 0 Å². The van der Waals surface area contributed by atoms with E-state index in [0.29, 0.717) is 33.0 Å². The molecule has 0 spiro atoms. The molecule has 0 bridgehead atoms. The van der Waals surface area contributed by atoms with Gasteiger partial charge in [-0.25, -0.2) is 0 Å². The monoisotopic (exact) mass is 232 g/mol. The van der Waals surface area contributed by atoms with Crippen LogP contribution in [-0.2, 0) is 18.9 Å². The maximum absolute atomic E-state index is 5.69. The van der Waals surface area contributed by atoms with Gasteiger partial charge in [0, 0.05) is 0 Å². The van der Waals surface area contributed by atoms with Gasteiger partial charge in [-0.15, -0.1) is 0 Å². The van der Waals surface area contributed by atoms with Gasteiger partial charge in [-0.1, -0.05) is 26.7 Å². The predicted octanol–water partition coefficient (Wildman–Crippen LogP) is 2.32. The standard InChI is InChI=1S/C12H24O4/c1-3-5-7-14-12(15-8-6-4-2)11-13-9-10-16-12/h3-11H2,1-2H3. The van der Waals surface area contributed by atoms with E-state index >= 15 is 0 Å². The zero-order chi connectivity index (χ0) is 11.7. The number of unbranched alkanes of at least 4 members (excludes halogenated alkanes) is 2. The van der Waals surface area contributed by atoms with Gasteiger partial charge >= 0.3 is 5.97 Å². The summed E-state index contributed by atoms with van der Waals surface area (Å²) in [4.78, 5) is 0. The number of ether oxygens (including phenoxy) is 4. The van der Waals surface area contributed by atoms with Crippen LogP contribution in [0.2, 0.25) is 0 Å². The SMILES string of the molecule is CCCCOC1(OCCCC)COCCO1. The summed E-state index contributed by atoms with van der Waals surface area (Å²) in [6.07, 6.45) is 4.24. The van der Waals surface area contributed by atoms with Crippen molar-refractivity contribution >= 4 is 0 Å². The van der Waals surface area contributed by atoms with E-state index in [4.69, 9.17) is 18.9 Å². The lowest BCUT2D eigenvalue weighted by atomic mass is 10.3. The van der Waals surface area contributed by atoms with Crippen molar-refractivity contribution in [3.8, 4) is 0 Å². The molecule has 0 unspecified atom stereocenters. The molecule has 4 nitrogen and oxygen atoms in total. The highest BCUT2D eigenvalue weighted by atomic mass is 16.9. The van der Waals surface area contributed by atoms with E-state index in [-0.39, 0.29) is 0 Å². The molecule has 0 atom stereocenters. The van der Waals surface area contributed by atoms with Crippen molar-refractivity contribution in [2.75, 3.05) is 33.0 Å². The summed E-state index contributed by atoms with van der Waals surface area (Å²) in [7, 11) is 0. The fourth-order valence-corrected chi connectivity index (χ4v) is 1.45. The lowest BCUT2D eigenvalue weighted by molar-refractivity contribution is -0.414. The molecule has 4 heteroatoms. The lowest BCUT2D eigenvalue weighted by Gasteiger charge is -2.36. The predicted molar refractivity (Wildman–Crippen MR) is 61.2 cm³/mol. The molecule has 0 aromatic rings. The fraction of sp³-hybridized carbons (Fsp3) is 1.00. The quantitative estimate of drug-likeness (QED) is 0.475. The third-order valence-corrected chi connectivity index (χ3v) is 2.47. The molecule has 0 amide bonds. The van der Waals surface area contributed by atoms with Crippen molar-refractivity contribution < 1.29 is 18.9 Å². The van der Waals surface area contributed by atoms with E-state index in [0.717, 1.165) is 25.7 Å². The van der Waals surface area contributed by atoms with Crippen LogP contribution in [0.5, 0.6) is 0 Å². The fourth-order valence-electron chi connectivity index (χ4n) is 1.45. The summed E-state index contributed by atoms with van der Waals surface area (Å²) in [5.41, 5.74) is 0. The van der Waals surface area contributed by atoms with Crippen molar-refractivity contribution in [2.24, 2.45) is 0 Å². The zero-order valence-corrected chi connectivity index (χ0v) is 10.5. The summed E-state index contributed by atoms with van der Waals surface area (Å²) in [5.74, 6) is -0.942. The summed E-state index contributed by atoms with van der Waals surface area (Å²) in [6.45, 7) is 7.12. The normalized spacial score (nSPS) is 19.9. The molecule has 0 radical (unpaired) electrons. The molecular weight excluding hydrogens is 208 g/mol. The Morgan fingerprint density at radius 3 is 2.06 bits per heavy atom. The van der Waals surface area contributed by atoms with Crippen molar-refractivity contribution in [1.82, 2.24) is 0 Å². The number of rotatable bonds is 8. The summed E-state index contributed by atoms with van der Waals surface area (Å²) in [5, 5.41) is 0. The average Bonchev–Trinajstić information content (AvgIpc) is 2.31. The highest BCUT2D eigenvalue weighted by Crippen LogP contribution is 2.20. The number of hydrogen-bond acceptors (Lipinski definition) is 4. The van der Waals surface area contributed by atoms with Crippen LogP contribution < -0.4 is 0 Å². The van der Waals surface area contributed by atoms with Gasteiger partial charge in [-0.05, 0) is 12.8 Å². The van der Waals surface area contributed by atoms with E-state index in [2.05, 4.69) is 13.8 Å². The van der Waals surface area contributed by atoms with E-state index in [9.17, 15) is 0 Å². The van der Waals surface area contributed by atoms with Crippen LogP contribution in [0.25, 0.3) is 0 Å². The highest BCUT2D eigenvalue weighted by molar-refractivity contribution is 4.61. The van der Waals surface area contributed by atoms with Crippen molar-refractivity contribution in [3.63, 3.8) is 0 Å². The van der Waals surface area contributed by atoms with Crippen molar-refractivity contribution in [2.45, 2.75) is 45.5 Å². The topological polar surface area (TPSA) is 36.9 Å². The van der Waals surface area contributed by atoms with Gasteiger partial charge in [0.1, 0.15) is 6.61 Å². The minimum absolute atomic E-state index is 0.375. The first kappa shape index (κ1) is 13.9. The molecule has 1 aliphatic rings. The molecule has 0 N–H and O–H groups in total. The second kappa shape index (κ2) is 8.01. The Labute approximate surface area is 98.2 Å². The second-order valence-electron chi connectivity index (χ2n) is 3.99. The van der Waals surface area contributed by atoms with E-state index < -0.39 is 5.97 Å². The van der Waals surface area contributed by atoms with Crippen LogP contribution in [0, 0.1) is 0 Å². The molecule has 0 saturated carbocycles. The maximum Gasteiger partial charge on any atom is 0.307 e. The van der Waals surface area contributed by atoms with Gasteiger partial charge in [0.25, 0.3) is 0 Å². The summed E-state index contributed by atoms with van der Waals surface area (Å²) < 4.78 is 22.3. The Morgan fingerprint density at radius 2 is 1.62 bits per heavy atom. The summed E-state index contributed by atoms with van der Waals surface area (Å²) in [6, 6.07) is 0. The van der Waals surface area contributed by atoms with Gasteiger partial charge in [0.05, 0.1) is 26.4 Å². The minimum Gasteiger partial charge on any atom is -0.371 e. The van der Waals surface area contributed by atoms with Crippen molar-refractivity contribution in [1.29, 1.82) is 0 Å². The molecule has 1 saturated heterocycles. The minimum atomic E-state index is -0.942. The van der Waals surface area contributed by atoms with Crippen molar-refractivity contribution in [3.05, 3.63) is 0 Å². The molecule has 96 valence electrons. The second-order valence-corrected chi connectivity index (χ2v) is 3.99. The van der Waals surface area contributed by atoms with Crippen LogP contribution in [0.15, 0.2) is 0 Å². The van der Waals surface area contributed by atoms with Gasteiger partial charge in [0.15, 0.2) is 0 Å². The Hall–Kier alpha value is -0.160. The largest absolute Gasteiger partial charge is 0.371 e. The Kier molecular flexibility index (Phi) is 6.96. The van der Waals surface area contributed by atoms with Gasteiger partial charge in [0.2, 0.25) is 0 Å². The third kappa shape index (κ3) is 4.78. The molecule has 1 aliphatic heterocycles. The average molecular weight is 232 g/mol. The third-order valence-electron chi connectivity index (χ3n) is 2.47. The van der Waals surface area contributed by atoms with E-state index in [1.165, 1.54) is 0 Å². The highest BCUT2D eigenvalue weighted by Gasteiger charge is 2.36. The van der Waals surface area contributed by atoms with Crippen LogP contribution >= 0.6 is 0 Å². The molecule has 0 aromatic heterocycles. The first-order valence-corrected chi connectivity index (χ1v) is 6.32. The van der Waals surface area contributed by atoms with E-state index in [1.807, 2.05) is 0 Å². The number of hydrogen-bond donors (Lipinski definition) is 0. The Morgan fingerprint density at radius 1 is 1.00 bits per heavy atom. The molecule has 16 heavy (non-hydrogen) atoms. The molecule has 0 aliphatic carbocycles. The van der Waals surface area contributed by atoms with Crippen LogP contribution in [0.3, 0.4) is 0 Å². The lowest BCUT2D eigenvalue weighted by Crippen LogP contribution is -2.48. The van der Waals surface area contributed by atoms with Crippen LogP contribution in [-0.4, -0.2) is 39.0 Å². The van der Waals surface area contributed by atoms with Crippen LogP contribution in [0.1, 0.15) is 39.5 Å². The Bertz CT molecular complexity index is 154. The van der Waals surface area contributed by atoms with Crippen LogP contribution in [0.4, 0.5) is 0 Å². The smallest absolute Gasteiger partial charge is 0.307 e. The summed E-state index contributed by atoms with van der Waals surface area (Å²) >= 11 is 0. The molecule has 0 aromatic carbocycles. The Balaban J connectivity index is 2.33. The van der Waals surface area contributed by atoms with E-state index in [1.54, 1.807) is 0 Å². The molecular formula is C12H24O4. The van der Waals surface area contributed by atoms with Gasteiger partial charge in [-0.3, -0.25) is 0 Å². The molecule has 1 rings (SSSR count). The zero-order valence-electron chi connectivity index (χ0n) is 10.5. The first-order chi connectivity index (χ1) is 7.83. The maximum atomic E-state index is 5.69.